The highest BCUT2D eigenvalue weighted by molar-refractivity contribution is 6.62. The van der Waals surface area contributed by atoms with E-state index in [4.69, 9.17) is 18.8 Å². The van der Waals surface area contributed by atoms with Gasteiger partial charge >= 0.3 is 19.2 Å². The summed E-state index contributed by atoms with van der Waals surface area (Å²) in [5, 5.41) is 2.55. The van der Waals surface area contributed by atoms with Gasteiger partial charge in [-0.3, -0.25) is 5.32 Å². The van der Waals surface area contributed by atoms with Crippen LogP contribution < -0.4 is 10.8 Å². The Balaban J connectivity index is 2.35. The molecule has 0 aromatic carbocycles. The largest absolute Gasteiger partial charge is 0.496 e. The third kappa shape index (κ3) is 4.78. The van der Waals surface area contributed by atoms with Crippen LogP contribution in [0, 0.1) is 0 Å². The Morgan fingerprint density at radius 3 is 2.19 bits per heavy atom. The second kappa shape index (κ2) is 7.12. The Labute approximate surface area is 160 Å². The molecule has 1 saturated heterocycles. The van der Waals surface area contributed by atoms with Gasteiger partial charge in [0.15, 0.2) is 5.69 Å². The first-order chi connectivity index (χ1) is 12.3. The van der Waals surface area contributed by atoms with Crippen LogP contribution in [0.5, 0.6) is 0 Å². The van der Waals surface area contributed by atoms with Gasteiger partial charge in [-0.15, -0.1) is 0 Å². The van der Waals surface area contributed by atoms with Crippen LogP contribution in [0.4, 0.5) is 10.5 Å². The fourth-order valence-electron chi connectivity index (χ4n) is 2.36. The second-order valence-corrected chi connectivity index (χ2v) is 8.37. The topological polar surface area (TPSA) is 96.0 Å². The number of hydrogen-bond acceptors (Lipinski definition) is 7. The smallest absolute Gasteiger partial charge is 0.464 e. The number of ether oxygens (including phenoxy) is 2. The van der Waals surface area contributed by atoms with E-state index in [1.807, 2.05) is 27.7 Å². The highest BCUT2D eigenvalue weighted by atomic mass is 16.7. The van der Waals surface area contributed by atoms with Crippen LogP contribution in [-0.4, -0.2) is 48.1 Å². The number of rotatable bonds is 3. The molecule has 8 nitrogen and oxygen atoms in total. The summed E-state index contributed by atoms with van der Waals surface area (Å²) in [7, 11) is 0.553. The Morgan fingerprint density at radius 2 is 1.70 bits per heavy atom. The number of methoxy groups -OCH3 is 1. The van der Waals surface area contributed by atoms with Crippen LogP contribution in [0.3, 0.4) is 0 Å². The van der Waals surface area contributed by atoms with Crippen molar-refractivity contribution < 1.29 is 28.4 Å². The zero-order valence-corrected chi connectivity index (χ0v) is 17.1. The fraction of sp³-hybridized carbons (Fsp3) is 0.611. The molecule has 0 unspecified atom stereocenters. The van der Waals surface area contributed by atoms with Crippen LogP contribution >= 0.6 is 0 Å². The third-order valence-electron chi connectivity index (χ3n) is 4.45. The lowest BCUT2D eigenvalue weighted by Crippen LogP contribution is -2.41. The van der Waals surface area contributed by atoms with Crippen LogP contribution in [0.25, 0.3) is 0 Å². The van der Waals surface area contributed by atoms with Crippen molar-refractivity contribution in [3.63, 3.8) is 0 Å². The number of aromatic nitrogens is 1. The number of pyridine rings is 1. The van der Waals surface area contributed by atoms with Crippen LogP contribution in [0.2, 0.25) is 0 Å². The number of amides is 1. The number of hydrogen-bond donors (Lipinski definition) is 1. The van der Waals surface area contributed by atoms with E-state index >= 15 is 0 Å². The van der Waals surface area contributed by atoms with Gasteiger partial charge in [-0.25, -0.2) is 14.6 Å². The summed E-state index contributed by atoms with van der Waals surface area (Å²) in [6, 6.07) is 1.57. The third-order valence-corrected chi connectivity index (χ3v) is 4.45. The first-order valence-corrected chi connectivity index (χ1v) is 8.70. The first-order valence-electron chi connectivity index (χ1n) is 8.70. The summed E-state index contributed by atoms with van der Waals surface area (Å²) >= 11 is 0. The van der Waals surface area contributed by atoms with Gasteiger partial charge < -0.3 is 18.8 Å². The van der Waals surface area contributed by atoms with E-state index in [1.54, 1.807) is 26.8 Å². The molecule has 1 aromatic rings. The van der Waals surface area contributed by atoms with E-state index in [9.17, 15) is 9.59 Å². The Morgan fingerprint density at radius 1 is 1.15 bits per heavy atom. The Hall–Kier alpha value is -2.13. The van der Waals surface area contributed by atoms with Crippen molar-refractivity contribution in [2.75, 3.05) is 12.4 Å². The minimum Gasteiger partial charge on any atom is -0.464 e. The van der Waals surface area contributed by atoms with Crippen LogP contribution in [-0.2, 0) is 18.8 Å². The average molecular weight is 378 g/mol. The standard InChI is InChI=1S/C18H27BN2O6/c1-16(2,3)25-15(23)21-12-9-11(10-20-13(12)14(22)24-8)19-26-17(4,5)18(6,7)27-19/h9-10H,1-8H3,(H,21,23). The van der Waals surface area contributed by atoms with Crippen molar-refractivity contribution in [2.24, 2.45) is 0 Å². The first kappa shape index (κ1) is 21.2. The molecular weight excluding hydrogens is 351 g/mol. The highest BCUT2D eigenvalue weighted by Gasteiger charge is 2.52. The summed E-state index contributed by atoms with van der Waals surface area (Å²) in [4.78, 5) is 28.3. The molecule has 1 aliphatic heterocycles. The van der Waals surface area contributed by atoms with Crippen molar-refractivity contribution in [2.45, 2.75) is 65.3 Å². The lowest BCUT2D eigenvalue weighted by Gasteiger charge is -2.32. The van der Waals surface area contributed by atoms with E-state index in [1.165, 1.54) is 13.3 Å². The van der Waals surface area contributed by atoms with Gasteiger partial charge in [0, 0.05) is 11.7 Å². The molecule has 0 atom stereocenters. The minimum atomic E-state index is -0.708. The zero-order valence-electron chi connectivity index (χ0n) is 17.1. The monoisotopic (exact) mass is 378 g/mol. The van der Waals surface area contributed by atoms with Gasteiger partial charge in [0.05, 0.1) is 24.0 Å². The summed E-state index contributed by atoms with van der Waals surface area (Å²) in [6.07, 6.45) is 0.759. The van der Waals surface area contributed by atoms with Gasteiger partial charge in [-0.1, -0.05) is 0 Å². The van der Waals surface area contributed by atoms with Gasteiger partial charge in [0.2, 0.25) is 0 Å². The predicted molar refractivity (Wildman–Crippen MR) is 101 cm³/mol. The molecule has 1 amide bonds. The molecule has 0 bridgehead atoms. The fourth-order valence-corrected chi connectivity index (χ4v) is 2.36. The maximum atomic E-state index is 12.2. The van der Waals surface area contributed by atoms with Crippen LogP contribution in [0.1, 0.15) is 59.0 Å². The molecule has 1 aromatic heterocycles. The predicted octanol–water partition coefficient (Wildman–Crippen LogP) is 2.51. The molecule has 0 spiro atoms. The second-order valence-electron chi connectivity index (χ2n) is 8.37. The maximum Gasteiger partial charge on any atom is 0.496 e. The highest BCUT2D eigenvalue weighted by Crippen LogP contribution is 2.36. The number of carbonyl (C=O) groups excluding carboxylic acids is 2. The maximum absolute atomic E-state index is 12.2. The summed E-state index contributed by atoms with van der Waals surface area (Å²) in [6.45, 7) is 13.0. The quantitative estimate of drug-likeness (QED) is 0.638. The van der Waals surface area contributed by atoms with Crippen LogP contribution in [0.15, 0.2) is 12.3 Å². The van der Waals surface area contributed by atoms with Crippen molar-refractivity contribution in [1.29, 1.82) is 0 Å². The van der Waals surface area contributed by atoms with Crippen molar-refractivity contribution in [1.82, 2.24) is 4.98 Å². The molecule has 0 radical (unpaired) electrons. The van der Waals surface area contributed by atoms with Gasteiger partial charge in [0.25, 0.3) is 0 Å². The van der Waals surface area contributed by atoms with E-state index in [-0.39, 0.29) is 11.4 Å². The summed E-state index contributed by atoms with van der Waals surface area (Å²) in [5.41, 5.74) is -1.07. The van der Waals surface area contributed by atoms with E-state index in [2.05, 4.69) is 10.3 Å². The van der Waals surface area contributed by atoms with E-state index in [0.29, 0.717) is 5.46 Å². The Kier molecular flexibility index (Phi) is 5.59. The van der Waals surface area contributed by atoms with Gasteiger partial charge in [-0.2, -0.15) is 0 Å². The summed E-state index contributed by atoms with van der Waals surface area (Å²) in [5.74, 6) is -0.679. The normalized spacial score (nSPS) is 18.1. The molecule has 1 fully saturated rings. The molecule has 9 heteroatoms. The molecule has 1 N–H and O–H groups in total. The number of anilines is 1. The van der Waals surface area contributed by atoms with E-state index < -0.39 is 36.0 Å². The minimum absolute atomic E-state index is 0.0383. The molecule has 0 saturated carbocycles. The van der Waals surface area contributed by atoms with Gasteiger partial charge in [-0.05, 0) is 54.5 Å². The molecule has 2 rings (SSSR count). The molecule has 2 heterocycles. The summed E-state index contributed by atoms with van der Waals surface area (Å²) < 4.78 is 22.0. The Bertz CT molecular complexity index is 726. The molecule has 1 aliphatic rings. The lowest BCUT2D eigenvalue weighted by molar-refractivity contribution is 0.00578. The number of esters is 1. The average Bonchev–Trinajstić information content (AvgIpc) is 2.72. The molecular formula is C18H27BN2O6. The van der Waals surface area contributed by atoms with Crippen molar-refractivity contribution in [3.8, 4) is 0 Å². The number of nitrogens with zero attached hydrogens (tertiary/aromatic N) is 1. The van der Waals surface area contributed by atoms with E-state index in [0.717, 1.165) is 0 Å². The molecule has 27 heavy (non-hydrogen) atoms. The SMILES string of the molecule is COC(=O)c1ncc(B2OC(C)(C)C(C)(C)O2)cc1NC(=O)OC(C)(C)C. The zero-order chi connectivity index (χ0) is 20.6. The lowest BCUT2D eigenvalue weighted by atomic mass is 9.80. The van der Waals surface area contributed by atoms with Crippen molar-refractivity contribution >= 4 is 30.3 Å². The number of nitrogens with one attached hydrogen (secondary N) is 1. The molecule has 0 aliphatic carbocycles. The van der Waals surface area contributed by atoms with Gasteiger partial charge in [0.1, 0.15) is 5.60 Å². The van der Waals surface area contributed by atoms with Crippen molar-refractivity contribution in [3.05, 3.63) is 18.0 Å². The molecule has 148 valence electrons. The number of carbonyl (C=O) groups is 2.